The molecular formula is C31H51N5O10. The number of hydrogen-bond donors (Lipinski definition) is 8. The number of nitrogens with zero attached hydrogens (tertiary/aromatic N) is 3. The predicted octanol–water partition coefficient (Wildman–Crippen LogP) is 0.370. The molecule has 0 aromatic carbocycles. The fourth-order valence-electron chi connectivity index (χ4n) is 6.84. The van der Waals surface area contributed by atoms with E-state index in [1.807, 2.05) is 0 Å². The monoisotopic (exact) mass is 653 g/mol. The number of nitrogens with one attached hydrogen (secondary N) is 1. The van der Waals surface area contributed by atoms with Gasteiger partial charge in [0.1, 0.15) is 36.6 Å². The van der Waals surface area contributed by atoms with Crippen molar-refractivity contribution in [2.45, 2.75) is 145 Å². The average Bonchev–Trinajstić information content (AvgIpc) is 3.56. The molecule has 9 N–H and O–H groups in total. The van der Waals surface area contributed by atoms with E-state index in [0.717, 1.165) is 36.6 Å². The Bertz CT molecular complexity index is 1340. The maximum Gasteiger partial charge on any atom is 0.280 e. The van der Waals surface area contributed by atoms with Gasteiger partial charge < -0.3 is 45.8 Å². The summed E-state index contributed by atoms with van der Waals surface area (Å²) in [7, 11) is 0. The van der Waals surface area contributed by atoms with Crippen LogP contribution in [0, 0.1) is 0 Å². The number of nitrogens with two attached hydrogens (primary N) is 1. The van der Waals surface area contributed by atoms with Crippen molar-refractivity contribution in [3.05, 3.63) is 16.7 Å². The number of ketones is 1. The molecule has 0 bridgehead atoms. The van der Waals surface area contributed by atoms with Crippen LogP contribution < -0.4 is 11.3 Å². The molecular weight excluding hydrogens is 602 g/mol. The lowest BCUT2D eigenvalue weighted by molar-refractivity contribution is -0.301. The summed E-state index contributed by atoms with van der Waals surface area (Å²) in [5, 5.41) is 65.8. The number of imidazole rings is 1. The SMILES string of the molecule is CCCCCCCCCCCCCCCC(=O)[C@@]1(O)[C@H](O)[C@@H](CO)O[C@@]1(C1OC[C@@H](O)[C@@H](O)[C@@H]1O)n1cnc2c(=O)[nH]c(N)nc21. The zero-order valence-corrected chi connectivity index (χ0v) is 26.6. The molecule has 46 heavy (non-hydrogen) atoms. The molecule has 0 spiro atoms. The topological polar surface area (TPSA) is 246 Å². The number of nitrogen functional groups attached to an aromatic ring is 1. The number of aromatic amines is 1. The van der Waals surface area contributed by atoms with Gasteiger partial charge in [-0.1, -0.05) is 84.0 Å². The normalized spacial score (nSPS) is 31.5. The average molecular weight is 654 g/mol. The van der Waals surface area contributed by atoms with Gasteiger partial charge in [-0.15, -0.1) is 0 Å². The summed E-state index contributed by atoms with van der Waals surface area (Å²) < 4.78 is 12.8. The number of carbonyl (C=O) groups excluding carboxylic acids is 1. The molecule has 0 saturated carbocycles. The van der Waals surface area contributed by atoms with Crippen molar-refractivity contribution in [2.75, 3.05) is 18.9 Å². The van der Waals surface area contributed by atoms with Crippen molar-refractivity contribution < 1.29 is 44.9 Å². The quantitative estimate of drug-likeness (QED) is 0.101. The van der Waals surface area contributed by atoms with Crippen LogP contribution in [0.15, 0.2) is 11.1 Å². The molecule has 2 aromatic rings. The highest BCUT2D eigenvalue weighted by Gasteiger charge is 2.75. The second-order valence-electron chi connectivity index (χ2n) is 12.7. The smallest absolute Gasteiger partial charge is 0.280 e. The van der Waals surface area contributed by atoms with Crippen molar-refractivity contribution in [3.8, 4) is 0 Å². The minimum absolute atomic E-state index is 0.203. The Morgan fingerprint density at radius 1 is 1.00 bits per heavy atom. The fraction of sp³-hybridized carbons (Fsp3) is 0.806. The van der Waals surface area contributed by atoms with Crippen molar-refractivity contribution in [1.29, 1.82) is 0 Å². The summed E-state index contributed by atoms with van der Waals surface area (Å²) in [4.78, 5) is 37.1. The maximum atomic E-state index is 14.0. The van der Waals surface area contributed by atoms with Gasteiger partial charge in [0.2, 0.25) is 17.3 Å². The number of aromatic nitrogens is 4. The van der Waals surface area contributed by atoms with Crippen LogP contribution in [0.1, 0.15) is 96.8 Å². The van der Waals surface area contributed by atoms with Crippen molar-refractivity contribution >= 4 is 22.9 Å². The Labute approximate surface area is 267 Å². The molecule has 2 saturated heterocycles. The van der Waals surface area contributed by atoms with Gasteiger partial charge in [-0.2, -0.15) is 4.98 Å². The Balaban J connectivity index is 1.54. The number of hydrogen-bond acceptors (Lipinski definition) is 13. The summed E-state index contributed by atoms with van der Waals surface area (Å²) in [6, 6.07) is 0. The van der Waals surface area contributed by atoms with Crippen LogP contribution in [0.4, 0.5) is 5.95 Å². The number of anilines is 1. The Hall–Kier alpha value is -2.50. The minimum Gasteiger partial charge on any atom is -0.394 e. The number of aliphatic hydroxyl groups is 6. The Morgan fingerprint density at radius 3 is 2.17 bits per heavy atom. The third-order valence-electron chi connectivity index (χ3n) is 9.44. The van der Waals surface area contributed by atoms with E-state index in [1.165, 1.54) is 44.9 Å². The molecule has 4 rings (SSSR count). The number of aliphatic hydroxyl groups excluding tert-OH is 5. The van der Waals surface area contributed by atoms with E-state index in [1.54, 1.807) is 0 Å². The number of H-pyrrole nitrogens is 1. The van der Waals surface area contributed by atoms with Gasteiger partial charge in [0, 0.05) is 6.42 Å². The summed E-state index contributed by atoms with van der Waals surface area (Å²) in [6.07, 6.45) is 4.13. The number of carbonyl (C=O) groups is 1. The first-order valence-electron chi connectivity index (χ1n) is 16.7. The highest BCUT2D eigenvalue weighted by Crippen LogP contribution is 2.51. The summed E-state index contributed by atoms with van der Waals surface area (Å²) in [6.45, 7) is 0.816. The van der Waals surface area contributed by atoms with Crippen LogP contribution in [0.5, 0.6) is 0 Å². The van der Waals surface area contributed by atoms with E-state index in [2.05, 4.69) is 21.9 Å². The zero-order valence-electron chi connectivity index (χ0n) is 26.6. The largest absolute Gasteiger partial charge is 0.394 e. The first-order chi connectivity index (χ1) is 22.0. The molecule has 2 aromatic heterocycles. The van der Waals surface area contributed by atoms with E-state index < -0.39 is 72.5 Å². The summed E-state index contributed by atoms with van der Waals surface area (Å²) in [5.74, 6) is -1.22. The van der Waals surface area contributed by atoms with Gasteiger partial charge >= 0.3 is 0 Å². The molecule has 0 aliphatic carbocycles. The maximum absolute atomic E-state index is 14.0. The van der Waals surface area contributed by atoms with Gasteiger partial charge in [-0.05, 0) is 6.42 Å². The van der Waals surface area contributed by atoms with Crippen molar-refractivity contribution in [3.63, 3.8) is 0 Å². The first-order valence-corrected chi connectivity index (χ1v) is 16.7. The highest BCUT2D eigenvalue weighted by atomic mass is 16.6. The number of ether oxygens (including phenoxy) is 2. The number of unbranched alkanes of at least 4 members (excludes halogenated alkanes) is 12. The third-order valence-corrected chi connectivity index (χ3v) is 9.44. The van der Waals surface area contributed by atoms with Crippen LogP contribution in [-0.2, 0) is 20.0 Å². The summed E-state index contributed by atoms with van der Waals surface area (Å²) in [5.41, 5.74) is -1.03. The fourth-order valence-corrected chi connectivity index (χ4v) is 6.84. The minimum atomic E-state index is -2.90. The molecule has 15 nitrogen and oxygen atoms in total. The van der Waals surface area contributed by atoms with Crippen LogP contribution in [0.3, 0.4) is 0 Å². The summed E-state index contributed by atoms with van der Waals surface area (Å²) >= 11 is 0. The molecule has 8 atom stereocenters. The lowest BCUT2D eigenvalue weighted by atomic mass is 9.74. The van der Waals surface area contributed by atoms with E-state index in [0.29, 0.717) is 12.8 Å². The van der Waals surface area contributed by atoms with E-state index in [4.69, 9.17) is 15.2 Å². The van der Waals surface area contributed by atoms with Crippen LogP contribution in [0.2, 0.25) is 0 Å². The third kappa shape index (κ3) is 7.02. The van der Waals surface area contributed by atoms with Crippen molar-refractivity contribution in [1.82, 2.24) is 19.5 Å². The van der Waals surface area contributed by atoms with Crippen LogP contribution in [-0.4, -0.2) is 111 Å². The standard InChI is InChI=1S/C31H51N5O10/c1-2-3-4-5-6-7-8-9-10-11-12-13-14-15-21(39)30(44)25(42)20(16-37)46-31(30,26-24(41)23(40)19(38)17-45-26)36-18-33-22-27(36)34-29(32)35-28(22)43/h18-20,23-26,37-38,40-42,44H,2-17H2,1H3,(H3,32,34,35,43)/t19-,20-,23-,24+,25-,26?,30-,31-/m1/s1. The molecule has 2 aliphatic heterocycles. The predicted molar refractivity (Wildman–Crippen MR) is 167 cm³/mol. The zero-order chi connectivity index (χ0) is 33.5. The molecule has 0 amide bonds. The highest BCUT2D eigenvalue weighted by molar-refractivity contribution is 5.90. The van der Waals surface area contributed by atoms with E-state index in [9.17, 15) is 40.2 Å². The van der Waals surface area contributed by atoms with Gasteiger partial charge in [-0.25, -0.2) is 4.98 Å². The second kappa shape index (κ2) is 16.1. The second-order valence-corrected chi connectivity index (χ2v) is 12.7. The number of fused-ring (bicyclic) bond motifs is 1. The Morgan fingerprint density at radius 2 is 1.59 bits per heavy atom. The van der Waals surface area contributed by atoms with Gasteiger partial charge in [0.15, 0.2) is 16.9 Å². The van der Waals surface area contributed by atoms with Gasteiger partial charge in [-0.3, -0.25) is 19.1 Å². The lowest BCUT2D eigenvalue weighted by Gasteiger charge is -2.50. The molecule has 2 fully saturated rings. The van der Waals surface area contributed by atoms with E-state index >= 15 is 0 Å². The molecule has 2 aliphatic rings. The molecule has 260 valence electrons. The number of rotatable bonds is 18. The molecule has 15 heteroatoms. The first kappa shape index (κ1) is 36.3. The molecule has 0 radical (unpaired) electrons. The van der Waals surface area contributed by atoms with Gasteiger partial charge in [0.25, 0.3) is 5.56 Å². The molecule has 1 unspecified atom stereocenters. The van der Waals surface area contributed by atoms with E-state index in [-0.39, 0.29) is 23.5 Å². The lowest BCUT2D eigenvalue weighted by Crippen LogP contribution is -2.72. The van der Waals surface area contributed by atoms with Crippen LogP contribution >= 0.6 is 0 Å². The Kier molecular flexibility index (Phi) is 12.7. The molecule has 4 heterocycles. The van der Waals surface area contributed by atoms with Crippen molar-refractivity contribution in [2.24, 2.45) is 0 Å². The van der Waals surface area contributed by atoms with Crippen LogP contribution in [0.25, 0.3) is 11.2 Å². The van der Waals surface area contributed by atoms with Gasteiger partial charge in [0.05, 0.1) is 19.5 Å². The number of Topliss-reactive ketones (excluding diaryl/α,β-unsaturated/α-hetero) is 1.